The first-order valence-corrected chi connectivity index (χ1v) is 13.9. The number of hydrogen-bond acceptors (Lipinski definition) is 7. The summed E-state index contributed by atoms with van der Waals surface area (Å²) in [6, 6.07) is 19.0. The number of ether oxygens (including phenoxy) is 2. The van der Waals surface area contributed by atoms with E-state index in [2.05, 4.69) is 26.1 Å². The summed E-state index contributed by atoms with van der Waals surface area (Å²) in [5.41, 5.74) is 3.52. The van der Waals surface area contributed by atoms with Crippen molar-refractivity contribution in [2.45, 2.75) is 37.8 Å². The fraction of sp³-hybridized carbons (Fsp3) is 0.259. The van der Waals surface area contributed by atoms with Crippen LogP contribution in [0.1, 0.15) is 34.7 Å². The van der Waals surface area contributed by atoms with Crippen molar-refractivity contribution in [1.82, 2.24) is 14.8 Å². The number of rotatable bonds is 11. The van der Waals surface area contributed by atoms with E-state index in [1.165, 1.54) is 11.8 Å². The van der Waals surface area contributed by atoms with Crippen molar-refractivity contribution in [2.24, 2.45) is 0 Å². The van der Waals surface area contributed by atoms with E-state index in [4.69, 9.17) is 21.1 Å². The van der Waals surface area contributed by atoms with Crippen LogP contribution in [0.25, 0.3) is 5.69 Å². The summed E-state index contributed by atoms with van der Waals surface area (Å²) in [5, 5.41) is 20.9. The number of nitro groups is 1. The van der Waals surface area contributed by atoms with Gasteiger partial charge in [-0.15, -0.1) is 10.2 Å². The molecule has 3 aromatic carbocycles. The zero-order valence-electron chi connectivity index (χ0n) is 21.1. The third kappa shape index (κ3) is 6.67. The van der Waals surface area contributed by atoms with Crippen molar-refractivity contribution in [2.75, 3.05) is 13.2 Å². The molecule has 1 aromatic heterocycles. The molecule has 0 fully saturated rings. The molecular weight excluding hydrogens is 592 g/mol. The Hall–Kier alpha value is -3.08. The normalized spacial score (nSPS) is 11.8. The van der Waals surface area contributed by atoms with E-state index >= 15 is 0 Å². The molecule has 0 bridgehead atoms. The Morgan fingerprint density at radius 2 is 1.89 bits per heavy atom. The summed E-state index contributed by atoms with van der Waals surface area (Å²) in [6.07, 6.45) is 0. The van der Waals surface area contributed by atoms with E-state index in [0.717, 1.165) is 16.8 Å². The molecule has 0 aliphatic heterocycles. The lowest BCUT2D eigenvalue weighted by atomic mass is 10.1. The molecule has 0 radical (unpaired) electrons. The Morgan fingerprint density at radius 3 is 2.61 bits per heavy atom. The van der Waals surface area contributed by atoms with E-state index < -0.39 is 5.25 Å². The lowest BCUT2D eigenvalue weighted by Crippen LogP contribution is -2.12. The van der Waals surface area contributed by atoms with Crippen molar-refractivity contribution in [3.63, 3.8) is 0 Å². The molecular formula is C27H26BrClN4O4S. The Bertz CT molecular complexity index is 1450. The van der Waals surface area contributed by atoms with Gasteiger partial charge in [-0.3, -0.25) is 14.7 Å². The quantitative estimate of drug-likeness (QED) is 0.0984. The molecule has 0 N–H and O–H groups in total. The van der Waals surface area contributed by atoms with E-state index in [9.17, 15) is 10.1 Å². The van der Waals surface area contributed by atoms with E-state index in [0.29, 0.717) is 44.1 Å². The van der Waals surface area contributed by atoms with Crippen LogP contribution in [0.5, 0.6) is 11.5 Å². The molecule has 0 saturated heterocycles. The van der Waals surface area contributed by atoms with Crippen LogP contribution in [0.4, 0.5) is 0 Å². The van der Waals surface area contributed by atoms with Crippen LogP contribution in [-0.4, -0.2) is 32.8 Å². The maximum absolute atomic E-state index is 11.7. The smallest absolute Gasteiger partial charge is 0.220 e. The number of thioether (sulfide) groups is 1. The first-order valence-electron chi connectivity index (χ1n) is 11.9. The Morgan fingerprint density at radius 1 is 1.11 bits per heavy atom. The summed E-state index contributed by atoms with van der Waals surface area (Å²) in [4.78, 5) is 11.4. The average molecular weight is 618 g/mol. The van der Waals surface area contributed by atoms with Gasteiger partial charge in [-0.1, -0.05) is 53.7 Å². The van der Waals surface area contributed by atoms with Crippen molar-refractivity contribution in [3.8, 4) is 17.2 Å². The highest BCUT2D eigenvalue weighted by atomic mass is 79.9. The number of benzene rings is 3. The first-order chi connectivity index (χ1) is 18.3. The van der Waals surface area contributed by atoms with Gasteiger partial charge in [-0.25, -0.2) is 0 Å². The lowest BCUT2D eigenvalue weighted by Gasteiger charge is -2.19. The minimum atomic E-state index is -0.565. The first kappa shape index (κ1) is 27.9. The summed E-state index contributed by atoms with van der Waals surface area (Å²) in [6.45, 7) is 6.05. The van der Waals surface area contributed by atoms with Crippen molar-refractivity contribution >= 4 is 39.3 Å². The summed E-state index contributed by atoms with van der Waals surface area (Å²) in [5.74, 6) is 1.67. The highest BCUT2D eigenvalue weighted by Crippen LogP contribution is 2.43. The third-order valence-electron chi connectivity index (χ3n) is 5.65. The van der Waals surface area contributed by atoms with Gasteiger partial charge in [-0.2, -0.15) is 0 Å². The van der Waals surface area contributed by atoms with Crippen molar-refractivity contribution < 1.29 is 14.4 Å². The second-order valence-electron chi connectivity index (χ2n) is 8.47. The largest absolute Gasteiger partial charge is 0.490 e. The molecule has 38 heavy (non-hydrogen) atoms. The SMILES string of the molecule is CCOc1cc([C@@H](C[N+](=O)[O-])Sc2nnc(C)n2-c2cccc(C)c2)cc(Br)c1OCc1ccccc1Cl. The molecule has 0 spiro atoms. The number of aryl methyl sites for hydroxylation is 2. The lowest BCUT2D eigenvalue weighted by molar-refractivity contribution is -0.479. The number of aromatic nitrogens is 3. The van der Waals surface area contributed by atoms with Crippen LogP contribution >= 0.6 is 39.3 Å². The van der Waals surface area contributed by atoms with E-state index in [1.54, 1.807) is 12.1 Å². The number of nitrogens with zero attached hydrogens (tertiary/aromatic N) is 4. The maximum Gasteiger partial charge on any atom is 0.220 e. The maximum atomic E-state index is 11.7. The molecule has 198 valence electrons. The van der Waals surface area contributed by atoms with Gasteiger partial charge in [0.05, 0.1) is 11.1 Å². The van der Waals surface area contributed by atoms with Gasteiger partial charge < -0.3 is 9.47 Å². The van der Waals surface area contributed by atoms with Gasteiger partial charge in [0, 0.05) is 21.2 Å². The van der Waals surface area contributed by atoms with Crippen LogP contribution in [0.2, 0.25) is 5.02 Å². The van der Waals surface area contributed by atoms with Gasteiger partial charge in [0.1, 0.15) is 17.7 Å². The van der Waals surface area contributed by atoms with Gasteiger partial charge in [0.15, 0.2) is 16.7 Å². The predicted molar refractivity (Wildman–Crippen MR) is 152 cm³/mol. The topological polar surface area (TPSA) is 92.3 Å². The fourth-order valence-electron chi connectivity index (χ4n) is 3.90. The van der Waals surface area contributed by atoms with Gasteiger partial charge in [-0.05, 0) is 78.2 Å². The second-order valence-corrected chi connectivity index (χ2v) is 10.9. The predicted octanol–water partition coefficient (Wildman–Crippen LogP) is 7.39. The minimum absolute atomic E-state index is 0.240. The van der Waals surface area contributed by atoms with Crippen LogP contribution in [0.3, 0.4) is 0 Å². The van der Waals surface area contributed by atoms with Crippen LogP contribution < -0.4 is 9.47 Å². The van der Waals surface area contributed by atoms with Crippen molar-refractivity contribution in [3.05, 3.63) is 103 Å². The average Bonchev–Trinajstić information content (AvgIpc) is 3.23. The molecule has 0 aliphatic rings. The zero-order chi connectivity index (χ0) is 27.2. The fourth-order valence-corrected chi connectivity index (χ4v) is 5.82. The molecule has 0 saturated carbocycles. The summed E-state index contributed by atoms with van der Waals surface area (Å²) < 4.78 is 14.5. The molecule has 0 unspecified atom stereocenters. The van der Waals surface area contributed by atoms with E-state index in [1.807, 2.05) is 73.9 Å². The van der Waals surface area contributed by atoms with Gasteiger partial charge >= 0.3 is 0 Å². The summed E-state index contributed by atoms with van der Waals surface area (Å²) in [7, 11) is 0. The Balaban J connectivity index is 1.68. The molecule has 1 heterocycles. The molecule has 11 heteroatoms. The molecule has 0 amide bonds. The van der Waals surface area contributed by atoms with Crippen molar-refractivity contribution in [1.29, 1.82) is 0 Å². The molecule has 4 aromatic rings. The standard InChI is InChI=1S/C27H26BrClN4O4S/c1-4-36-24-14-20(13-22(28)26(24)37-16-19-9-5-6-11-23(19)29)25(15-32(34)35)38-27-31-30-18(3)33(27)21-10-7-8-17(2)12-21/h5-14,25H,4,15-16H2,1-3H3/t25-/m1/s1. The molecule has 8 nitrogen and oxygen atoms in total. The van der Waals surface area contributed by atoms with Gasteiger partial charge in [0.25, 0.3) is 0 Å². The number of halogens is 2. The van der Waals surface area contributed by atoms with E-state index in [-0.39, 0.29) is 18.1 Å². The number of hydrogen-bond donors (Lipinski definition) is 0. The Kier molecular flexibility index (Phi) is 9.30. The van der Waals surface area contributed by atoms with Gasteiger partial charge in [0.2, 0.25) is 6.54 Å². The second kappa shape index (κ2) is 12.6. The molecule has 1 atom stereocenters. The zero-order valence-corrected chi connectivity index (χ0v) is 24.2. The Labute approximate surface area is 238 Å². The molecule has 0 aliphatic carbocycles. The highest BCUT2D eigenvalue weighted by Gasteiger charge is 2.26. The monoisotopic (exact) mass is 616 g/mol. The minimum Gasteiger partial charge on any atom is -0.490 e. The highest BCUT2D eigenvalue weighted by molar-refractivity contribution is 9.10. The van der Waals surface area contributed by atoms with Crippen LogP contribution in [0.15, 0.2) is 70.3 Å². The molecule has 4 rings (SSSR count). The summed E-state index contributed by atoms with van der Waals surface area (Å²) >= 11 is 11.2. The van der Waals surface area contributed by atoms with Crippen LogP contribution in [-0.2, 0) is 6.61 Å². The van der Waals surface area contributed by atoms with Crippen LogP contribution in [0, 0.1) is 24.0 Å². The third-order valence-corrected chi connectivity index (χ3v) is 7.79.